The molecule has 3 rings (SSSR count). The largest absolute Gasteiger partial charge is 0.252 e. The molecule has 1 heteroatoms. The number of hydrogen-bond acceptors (Lipinski definition) is 1. The van der Waals surface area contributed by atoms with Crippen molar-refractivity contribution in [3.8, 4) is 0 Å². The molecule has 1 nitrogen and oxygen atoms in total. The fourth-order valence-corrected chi connectivity index (χ4v) is 2.77. The molecule has 0 N–H and O–H groups in total. The van der Waals surface area contributed by atoms with Crippen LogP contribution >= 0.6 is 0 Å². The highest BCUT2D eigenvalue weighted by atomic mass is 14.7. The van der Waals surface area contributed by atoms with Crippen molar-refractivity contribution in [2.75, 3.05) is 0 Å². The number of aromatic nitrogens is 1. The molecule has 0 spiro atoms. The van der Waals surface area contributed by atoms with Crippen LogP contribution in [-0.4, -0.2) is 4.98 Å². The Morgan fingerprint density at radius 3 is 2.50 bits per heavy atom. The van der Waals surface area contributed by atoms with Crippen LogP contribution in [0.25, 0.3) is 21.7 Å². The van der Waals surface area contributed by atoms with Gasteiger partial charge in [-0.1, -0.05) is 68.7 Å². The molecule has 102 valence electrons. The Labute approximate surface area is 120 Å². The Hall–Kier alpha value is -1.89. The average Bonchev–Trinajstić information content (AvgIpc) is 2.51. The van der Waals surface area contributed by atoms with Gasteiger partial charge < -0.3 is 0 Å². The lowest BCUT2D eigenvalue weighted by atomic mass is 10.0. The number of pyridine rings is 1. The second kappa shape index (κ2) is 6.04. The molecule has 20 heavy (non-hydrogen) atoms. The topological polar surface area (TPSA) is 12.9 Å². The first kappa shape index (κ1) is 13.1. The summed E-state index contributed by atoms with van der Waals surface area (Å²) in [6.45, 7) is 2.25. The smallest absolute Gasteiger partial charge is 0.0783 e. The van der Waals surface area contributed by atoms with Gasteiger partial charge in [0, 0.05) is 16.5 Å². The van der Waals surface area contributed by atoms with Crippen molar-refractivity contribution in [3.05, 3.63) is 54.2 Å². The molecule has 0 bridgehead atoms. The molecule has 0 radical (unpaired) electrons. The number of fused-ring (bicyclic) bond motifs is 3. The SMILES string of the molecule is CCCCCCc1ccc2ccc3ccccc3c2n1. The Bertz CT molecular complexity index is 715. The van der Waals surface area contributed by atoms with Crippen LogP contribution in [0.5, 0.6) is 0 Å². The molecule has 1 heterocycles. The summed E-state index contributed by atoms with van der Waals surface area (Å²) in [6, 6.07) is 17.3. The van der Waals surface area contributed by atoms with Crippen LogP contribution in [0, 0.1) is 0 Å². The van der Waals surface area contributed by atoms with Crippen LogP contribution in [0.1, 0.15) is 38.3 Å². The minimum atomic E-state index is 1.10. The van der Waals surface area contributed by atoms with E-state index in [4.69, 9.17) is 4.98 Å². The molecule has 1 aromatic heterocycles. The molecule has 0 aliphatic rings. The summed E-state index contributed by atoms with van der Waals surface area (Å²) in [4.78, 5) is 4.90. The zero-order chi connectivity index (χ0) is 13.8. The minimum Gasteiger partial charge on any atom is -0.252 e. The van der Waals surface area contributed by atoms with Gasteiger partial charge in [0.05, 0.1) is 5.52 Å². The molecular weight excluding hydrogens is 242 g/mol. The molecule has 0 fully saturated rings. The third kappa shape index (κ3) is 2.67. The Morgan fingerprint density at radius 2 is 1.60 bits per heavy atom. The molecule has 0 aliphatic heterocycles. The highest BCUT2D eigenvalue weighted by molar-refractivity contribution is 6.05. The van der Waals surface area contributed by atoms with Crippen molar-refractivity contribution in [1.29, 1.82) is 0 Å². The highest BCUT2D eigenvalue weighted by Gasteiger charge is 2.03. The van der Waals surface area contributed by atoms with Crippen molar-refractivity contribution in [2.45, 2.75) is 39.0 Å². The Morgan fingerprint density at radius 1 is 0.800 bits per heavy atom. The van der Waals surface area contributed by atoms with E-state index in [2.05, 4.69) is 55.5 Å². The maximum absolute atomic E-state index is 4.90. The lowest BCUT2D eigenvalue weighted by Crippen LogP contribution is -1.92. The second-order valence-corrected chi connectivity index (χ2v) is 5.47. The van der Waals surface area contributed by atoms with Crippen LogP contribution in [0.2, 0.25) is 0 Å². The van der Waals surface area contributed by atoms with Gasteiger partial charge in [-0.25, -0.2) is 0 Å². The predicted molar refractivity (Wildman–Crippen MR) is 87.1 cm³/mol. The van der Waals surface area contributed by atoms with Crippen LogP contribution in [0.4, 0.5) is 0 Å². The first-order chi connectivity index (χ1) is 9.88. The highest BCUT2D eigenvalue weighted by Crippen LogP contribution is 2.24. The minimum absolute atomic E-state index is 1.10. The molecular formula is C19H21N. The number of benzene rings is 2. The quantitative estimate of drug-likeness (QED) is 0.437. The summed E-state index contributed by atoms with van der Waals surface area (Å²) in [6.07, 6.45) is 6.27. The third-order valence-electron chi connectivity index (χ3n) is 3.93. The van der Waals surface area contributed by atoms with Crippen LogP contribution < -0.4 is 0 Å². The molecule has 0 aliphatic carbocycles. The van der Waals surface area contributed by atoms with E-state index in [9.17, 15) is 0 Å². The zero-order valence-electron chi connectivity index (χ0n) is 12.1. The lowest BCUT2D eigenvalue weighted by molar-refractivity contribution is 0.661. The van der Waals surface area contributed by atoms with Gasteiger partial charge in [-0.2, -0.15) is 0 Å². The number of rotatable bonds is 5. The molecule has 0 unspecified atom stereocenters. The van der Waals surface area contributed by atoms with E-state index in [1.54, 1.807) is 0 Å². The molecule has 2 aromatic carbocycles. The maximum Gasteiger partial charge on any atom is 0.0783 e. The van der Waals surface area contributed by atoms with Crippen molar-refractivity contribution >= 4 is 21.7 Å². The molecule has 3 aromatic rings. The monoisotopic (exact) mass is 263 g/mol. The molecule has 0 saturated carbocycles. The summed E-state index contributed by atoms with van der Waals surface area (Å²) in [5.41, 5.74) is 2.38. The standard InChI is InChI=1S/C19H21N/c1-2-3-4-5-9-17-14-13-16-12-11-15-8-6-7-10-18(15)19(16)20-17/h6-8,10-14H,2-5,9H2,1H3. The van der Waals surface area contributed by atoms with E-state index in [1.165, 1.54) is 47.5 Å². The number of nitrogens with zero attached hydrogens (tertiary/aromatic N) is 1. The predicted octanol–water partition coefficient (Wildman–Crippen LogP) is 5.51. The zero-order valence-corrected chi connectivity index (χ0v) is 12.1. The first-order valence-electron chi connectivity index (χ1n) is 7.66. The normalized spacial score (nSPS) is 11.2. The van der Waals surface area contributed by atoms with Crippen LogP contribution in [0.3, 0.4) is 0 Å². The van der Waals surface area contributed by atoms with E-state index < -0.39 is 0 Å². The number of unbranched alkanes of at least 4 members (excludes halogenated alkanes) is 3. The lowest BCUT2D eigenvalue weighted by Gasteiger charge is -2.06. The summed E-state index contributed by atoms with van der Waals surface area (Å²) < 4.78 is 0. The van der Waals surface area contributed by atoms with Gasteiger partial charge in [0.25, 0.3) is 0 Å². The Kier molecular flexibility index (Phi) is 3.96. The average molecular weight is 263 g/mol. The van der Waals surface area contributed by atoms with Crippen LogP contribution in [0.15, 0.2) is 48.5 Å². The van der Waals surface area contributed by atoms with Crippen LogP contribution in [-0.2, 0) is 6.42 Å². The fraction of sp³-hybridized carbons (Fsp3) is 0.316. The molecule has 0 amide bonds. The van der Waals surface area contributed by atoms with Gasteiger partial charge in [-0.15, -0.1) is 0 Å². The van der Waals surface area contributed by atoms with Gasteiger partial charge >= 0.3 is 0 Å². The third-order valence-corrected chi connectivity index (χ3v) is 3.93. The van der Waals surface area contributed by atoms with Gasteiger partial charge in [0.2, 0.25) is 0 Å². The van der Waals surface area contributed by atoms with E-state index in [0.717, 1.165) is 11.9 Å². The fourth-order valence-electron chi connectivity index (χ4n) is 2.77. The number of aryl methyl sites for hydroxylation is 1. The first-order valence-corrected chi connectivity index (χ1v) is 7.66. The van der Waals surface area contributed by atoms with Crippen molar-refractivity contribution in [2.24, 2.45) is 0 Å². The summed E-state index contributed by atoms with van der Waals surface area (Å²) in [5.74, 6) is 0. The molecule has 0 saturated heterocycles. The van der Waals surface area contributed by atoms with E-state index in [0.29, 0.717) is 0 Å². The van der Waals surface area contributed by atoms with Gasteiger partial charge in [0.1, 0.15) is 0 Å². The summed E-state index contributed by atoms with van der Waals surface area (Å²) in [5, 5.41) is 3.78. The van der Waals surface area contributed by atoms with Gasteiger partial charge in [-0.3, -0.25) is 4.98 Å². The molecule has 0 atom stereocenters. The Balaban J connectivity index is 1.94. The van der Waals surface area contributed by atoms with E-state index in [-0.39, 0.29) is 0 Å². The summed E-state index contributed by atoms with van der Waals surface area (Å²) >= 11 is 0. The van der Waals surface area contributed by atoms with E-state index in [1.807, 2.05) is 0 Å². The van der Waals surface area contributed by atoms with Gasteiger partial charge in [-0.05, 0) is 24.3 Å². The number of hydrogen-bond donors (Lipinski definition) is 0. The van der Waals surface area contributed by atoms with Crippen molar-refractivity contribution in [1.82, 2.24) is 4.98 Å². The van der Waals surface area contributed by atoms with Crippen molar-refractivity contribution < 1.29 is 0 Å². The van der Waals surface area contributed by atoms with Gasteiger partial charge in [0.15, 0.2) is 0 Å². The van der Waals surface area contributed by atoms with Crippen molar-refractivity contribution in [3.63, 3.8) is 0 Å². The summed E-state index contributed by atoms with van der Waals surface area (Å²) in [7, 11) is 0. The second-order valence-electron chi connectivity index (χ2n) is 5.47. The van der Waals surface area contributed by atoms with E-state index >= 15 is 0 Å². The maximum atomic E-state index is 4.90.